The van der Waals surface area contributed by atoms with Crippen molar-refractivity contribution in [2.45, 2.75) is 39.3 Å². The van der Waals surface area contributed by atoms with Gasteiger partial charge in [0.2, 0.25) is 0 Å². The van der Waals surface area contributed by atoms with Crippen molar-refractivity contribution in [2.75, 3.05) is 13.7 Å². The number of benzene rings is 1. The van der Waals surface area contributed by atoms with Crippen molar-refractivity contribution in [1.29, 1.82) is 0 Å². The van der Waals surface area contributed by atoms with Gasteiger partial charge in [0.15, 0.2) is 0 Å². The molecule has 102 valence electrons. The lowest BCUT2D eigenvalue weighted by molar-refractivity contribution is 0.0122. The highest BCUT2D eigenvalue weighted by molar-refractivity contribution is 5.28. The lowest BCUT2D eigenvalue weighted by atomic mass is 9.92. The Balaban J connectivity index is 2.57. The van der Waals surface area contributed by atoms with Gasteiger partial charge in [-0.05, 0) is 37.5 Å². The maximum atomic E-state index is 10.2. The minimum Gasteiger partial charge on any atom is -0.497 e. The summed E-state index contributed by atoms with van der Waals surface area (Å²) in [5.74, 6) is 1.09. The molecule has 0 spiro atoms. The summed E-state index contributed by atoms with van der Waals surface area (Å²) in [5, 5.41) is 13.6. The number of rotatable bonds is 6. The second kappa shape index (κ2) is 6.21. The molecule has 3 nitrogen and oxygen atoms in total. The lowest BCUT2D eigenvalue weighted by Gasteiger charge is -2.29. The van der Waals surface area contributed by atoms with Crippen LogP contribution in [-0.2, 0) is 0 Å². The van der Waals surface area contributed by atoms with Gasteiger partial charge in [-0.1, -0.05) is 26.0 Å². The summed E-state index contributed by atoms with van der Waals surface area (Å²) in [7, 11) is 1.66. The molecule has 1 aromatic rings. The van der Waals surface area contributed by atoms with Crippen LogP contribution in [0.1, 0.15) is 39.3 Å². The lowest BCUT2D eigenvalue weighted by Crippen LogP contribution is -2.42. The fraction of sp³-hybridized carbons (Fsp3) is 0.600. The Labute approximate surface area is 110 Å². The van der Waals surface area contributed by atoms with Crippen LogP contribution in [0.15, 0.2) is 24.3 Å². The normalized spacial score (nSPS) is 16.4. The van der Waals surface area contributed by atoms with E-state index in [1.807, 2.05) is 45.0 Å². The highest BCUT2D eigenvalue weighted by Gasteiger charge is 2.25. The molecule has 0 bridgehead atoms. The van der Waals surface area contributed by atoms with Crippen molar-refractivity contribution in [2.24, 2.45) is 5.92 Å². The van der Waals surface area contributed by atoms with Crippen LogP contribution in [-0.4, -0.2) is 24.4 Å². The maximum Gasteiger partial charge on any atom is 0.118 e. The monoisotopic (exact) mass is 251 g/mol. The van der Waals surface area contributed by atoms with Crippen LogP contribution in [0.4, 0.5) is 0 Å². The first-order chi connectivity index (χ1) is 8.36. The van der Waals surface area contributed by atoms with Crippen molar-refractivity contribution in [3.8, 4) is 5.75 Å². The number of hydrogen-bond acceptors (Lipinski definition) is 3. The molecule has 0 aliphatic heterocycles. The van der Waals surface area contributed by atoms with E-state index < -0.39 is 5.60 Å². The van der Waals surface area contributed by atoms with Crippen LogP contribution < -0.4 is 10.1 Å². The van der Waals surface area contributed by atoms with Crippen LogP contribution in [0.5, 0.6) is 5.75 Å². The smallest absolute Gasteiger partial charge is 0.118 e. The van der Waals surface area contributed by atoms with Gasteiger partial charge in [0.25, 0.3) is 0 Å². The molecule has 3 heteroatoms. The molecule has 0 aliphatic rings. The maximum absolute atomic E-state index is 10.2. The second-order valence-electron chi connectivity index (χ2n) is 5.39. The van der Waals surface area contributed by atoms with E-state index in [0.717, 1.165) is 5.75 Å². The van der Waals surface area contributed by atoms with E-state index in [-0.39, 0.29) is 12.0 Å². The molecule has 0 heterocycles. The van der Waals surface area contributed by atoms with Gasteiger partial charge in [-0.15, -0.1) is 0 Å². The van der Waals surface area contributed by atoms with E-state index in [4.69, 9.17) is 4.74 Å². The summed E-state index contributed by atoms with van der Waals surface area (Å²) in [4.78, 5) is 0. The molecule has 0 aromatic heterocycles. The number of hydrogen-bond donors (Lipinski definition) is 2. The summed E-state index contributed by atoms with van der Waals surface area (Å²) in [6.07, 6.45) is 0. The van der Waals surface area contributed by atoms with E-state index in [2.05, 4.69) is 12.2 Å². The van der Waals surface area contributed by atoms with Crippen LogP contribution in [0, 0.1) is 5.92 Å². The Kier molecular flexibility index (Phi) is 5.17. The van der Waals surface area contributed by atoms with E-state index in [1.165, 1.54) is 5.56 Å². The molecule has 18 heavy (non-hydrogen) atoms. The first kappa shape index (κ1) is 15.0. The quantitative estimate of drug-likeness (QED) is 0.817. The molecule has 2 atom stereocenters. The molecular formula is C15H25NO2. The Morgan fingerprint density at radius 3 is 2.22 bits per heavy atom. The Hall–Kier alpha value is -1.06. The van der Waals surface area contributed by atoms with E-state index in [0.29, 0.717) is 6.54 Å². The van der Waals surface area contributed by atoms with Gasteiger partial charge in [-0.25, -0.2) is 0 Å². The van der Waals surface area contributed by atoms with Crippen LogP contribution in [0.25, 0.3) is 0 Å². The molecule has 0 saturated carbocycles. The van der Waals surface area contributed by atoms with E-state index >= 15 is 0 Å². The summed E-state index contributed by atoms with van der Waals surface area (Å²) in [6.45, 7) is 8.60. The fourth-order valence-corrected chi connectivity index (χ4v) is 1.57. The molecule has 2 unspecified atom stereocenters. The molecule has 0 radical (unpaired) electrons. The zero-order valence-electron chi connectivity index (χ0n) is 12.0. The fourth-order valence-electron chi connectivity index (χ4n) is 1.57. The third-order valence-corrected chi connectivity index (χ3v) is 3.63. The van der Waals surface area contributed by atoms with Gasteiger partial charge in [0.05, 0.1) is 12.7 Å². The van der Waals surface area contributed by atoms with Crippen LogP contribution in [0.3, 0.4) is 0 Å². The topological polar surface area (TPSA) is 41.5 Å². The summed E-state index contributed by atoms with van der Waals surface area (Å²) in [5.41, 5.74) is 0.510. The van der Waals surface area contributed by atoms with Gasteiger partial charge in [-0.2, -0.15) is 0 Å². The molecule has 1 rings (SSSR count). The van der Waals surface area contributed by atoms with E-state index in [9.17, 15) is 5.11 Å². The zero-order valence-corrected chi connectivity index (χ0v) is 12.0. The van der Waals surface area contributed by atoms with Crippen molar-refractivity contribution >= 4 is 0 Å². The molecule has 0 saturated heterocycles. The Bertz CT molecular complexity index is 357. The van der Waals surface area contributed by atoms with Crippen molar-refractivity contribution < 1.29 is 9.84 Å². The largest absolute Gasteiger partial charge is 0.497 e. The Morgan fingerprint density at radius 1 is 1.22 bits per heavy atom. The van der Waals surface area contributed by atoms with Crippen LogP contribution >= 0.6 is 0 Å². The van der Waals surface area contributed by atoms with Gasteiger partial charge in [-0.3, -0.25) is 0 Å². The minimum absolute atomic E-state index is 0.209. The predicted molar refractivity (Wildman–Crippen MR) is 74.9 cm³/mol. The third-order valence-electron chi connectivity index (χ3n) is 3.63. The molecule has 2 N–H and O–H groups in total. The van der Waals surface area contributed by atoms with Crippen molar-refractivity contribution in [3.63, 3.8) is 0 Å². The van der Waals surface area contributed by atoms with Gasteiger partial charge < -0.3 is 15.2 Å². The summed E-state index contributed by atoms with van der Waals surface area (Å²) in [6, 6.07) is 8.20. The van der Waals surface area contributed by atoms with Crippen molar-refractivity contribution in [3.05, 3.63) is 29.8 Å². The molecule has 1 aromatic carbocycles. The van der Waals surface area contributed by atoms with Gasteiger partial charge >= 0.3 is 0 Å². The first-order valence-electron chi connectivity index (χ1n) is 6.46. The minimum atomic E-state index is -0.680. The molecule has 0 fully saturated rings. The van der Waals surface area contributed by atoms with Gasteiger partial charge in [0.1, 0.15) is 5.75 Å². The first-order valence-corrected chi connectivity index (χ1v) is 6.46. The van der Waals surface area contributed by atoms with Crippen LogP contribution in [0.2, 0.25) is 0 Å². The standard InChI is InChI=1S/C15H25NO2/c1-11(2)15(4,17)10-16-12(3)13-6-8-14(18-5)9-7-13/h6-9,11-12,16-17H,10H2,1-5H3. The number of methoxy groups -OCH3 is 1. The average molecular weight is 251 g/mol. The SMILES string of the molecule is COc1ccc(C(C)NCC(C)(O)C(C)C)cc1. The highest BCUT2D eigenvalue weighted by atomic mass is 16.5. The highest BCUT2D eigenvalue weighted by Crippen LogP contribution is 2.19. The Morgan fingerprint density at radius 2 is 1.78 bits per heavy atom. The molecular weight excluding hydrogens is 226 g/mol. The third kappa shape index (κ3) is 4.00. The average Bonchev–Trinajstić information content (AvgIpc) is 2.36. The summed E-state index contributed by atoms with van der Waals surface area (Å²) >= 11 is 0. The van der Waals surface area contributed by atoms with Crippen molar-refractivity contribution in [1.82, 2.24) is 5.32 Å². The number of ether oxygens (including phenoxy) is 1. The molecule has 0 aliphatic carbocycles. The van der Waals surface area contributed by atoms with Gasteiger partial charge in [0, 0.05) is 12.6 Å². The number of nitrogens with one attached hydrogen (secondary N) is 1. The molecule has 0 amide bonds. The van der Waals surface area contributed by atoms with E-state index in [1.54, 1.807) is 7.11 Å². The predicted octanol–water partition coefficient (Wildman–Crippen LogP) is 2.75. The zero-order chi connectivity index (χ0) is 13.8. The number of aliphatic hydroxyl groups is 1. The second-order valence-corrected chi connectivity index (χ2v) is 5.39. The summed E-state index contributed by atoms with van der Waals surface area (Å²) < 4.78 is 5.13.